The molecule has 2 unspecified atom stereocenters. The molecule has 1 saturated heterocycles. The molecular formula is C11H16N2O2S. The lowest BCUT2D eigenvalue weighted by atomic mass is 10.2. The van der Waals surface area contributed by atoms with Crippen LogP contribution < -0.4 is 10.6 Å². The van der Waals surface area contributed by atoms with Crippen molar-refractivity contribution in [3.63, 3.8) is 0 Å². The Morgan fingerprint density at radius 3 is 3.00 bits per heavy atom. The van der Waals surface area contributed by atoms with E-state index >= 15 is 0 Å². The third-order valence-corrected chi connectivity index (χ3v) is 3.74. The van der Waals surface area contributed by atoms with E-state index in [4.69, 9.17) is 4.74 Å². The number of ether oxygens (including phenoxy) is 1. The number of hydrogen-bond acceptors (Lipinski definition) is 4. The second-order valence-corrected chi connectivity index (χ2v) is 5.21. The molecule has 0 saturated carbocycles. The fourth-order valence-electron chi connectivity index (χ4n) is 1.84. The maximum absolute atomic E-state index is 11.9. The number of thiophene rings is 1. The molecule has 1 aromatic heterocycles. The lowest BCUT2D eigenvalue weighted by Crippen LogP contribution is -2.43. The highest BCUT2D eigenvalue weighted by atomic mass is 32.1. The maximum Gasteiger partial charge on any atom is 0.261 e. The fourth-order valence-corrected chi connectivity index (χ4v) is 2.61. The maximum atomic E-state index is 11.9. The van der Waals surface area contributed by atoms with Crippen molar-refractivity contribution in [2.45, 2.75) is 19.1 Å². The van der Waals surface area contributed by atoms with Crippen LogP contribution in [-0.2, 0) is 4.74 Å². The van der Waals surface area contributed by atoms with Gasteiger partial charge in [0.1, 0.15) is 0 Å². The Bertz CT molecular complexity index is 378. The van der Waals surface area contributed by atoms with Gasteiger partial charge in [0.25, 0.3) is 5.91 Å². The molecule has 0 spiro atoms. The van der Waals surface area contributed by atoms with Crippen LogP contribution in [0.25, 0.3) is 0 Å². The molecule has 0 aliphatic carbocycles. The summed E-state index contributed by atoms with van der Waals surface area (Å²) in [6.45, 7) is 3.57. The van der Waals surface area contributed by atoms with Crippen LogP contribution in [0.4, 0.5) is 0 Å². The van der Waals surface area contributed by atoms with Gasteiger partial charge in [0.2, 0.25) is 0 Å². The third kappa shape index (κ3) is 2.42. The molecule has 16 heavy (non-hydrogen) atoms. The monoisotopic (exact) mass is 240 g/mol. The average Bonchev–Trinajstić information content (AvgIpc) is 2.86. The Balaban J connectivity index is 1.97. The van der Waals surface area contributed by atoms with E-state index in [1.165, 1.54) is 11.3 Å². The highest BCUT2D eigenvalue weighted by Gasteiger charge is 2.28. The minimum Gasteiger partial charge on any atom is -0.378 e. The summed E-state index contributed by atoms with van der Waals surface area (Å²) in [5.74, 6) is -0.00569. The highest BCUT2D eigenvalue weighted by molar-refractivity contribution is 7.13. The van der Waals surface area contributed by atoms with Crippen LogP contribution in [0.15, 0.2) is 12.1 Å². The van der Waals surface area contributed by atoms with Crippen molar-refractivity contribution in [3.05, 3.63) is 21.9 Å². The van der Waals surface area contributed by atoms with Crippen LogP contribution in [0, 0.1) is 6.92 Å². The van der Waals surface area contributed by atoms with E-state index in [9.17, 15) is 4.79 Å². The minimum atomic E-state index is -0.00569. The van der Waals surface area contributed by atoms with E-state index in [-0.39, 0.29) is 18.1 Å². The predicted molar refractivity (Wildman–Crippen MR) is 64.0 cm³/mol. The number of aryl methyl sites for hydroxylation is 1. The average molecular weight is 240 g/mol. The number of hydrogen-bond donors (Lipinski definition) is 2. The summed E-state index contributed by atoms with van der Waals surface area (Å²) in [6, 6.07) is 3.89. The smallest absolute Gasteiger partial charge is 0.261 e. The molecule has 0 radical (unpaired) electrons. The van der Waals surface area contributed by atoms with Crippen molar-refractivity contribution >= 4 is 17.2 Å². The molecule has 5 heteroatoms. The molecule has 2 heterocycles. The van der Waals surface area contributed by atoms with Crippen LogP contribution >= 0.6 is 11.3 Å². The van der Waals surface area contributed by atoms with Gasteiger partial charge >= 0.3 is 0 Å². The zero-order valence-corrected chi connectivity index (χ0v) is 10.3. The SMILES string of the molecule is COC1CNCC1NC(=O)c1ccc(C)s1. The quantitative estimate of drug-likeness (QED) is 0.820. The Morgan fingerprint density at radius 2 is 2.38 bits per heavy atom. The van der Waals surface area contributed by atoms with Crippen molar-refractivity contribution in [3.8, 4) is 0 Å². The van der Waals surface area contributed by atoms with Gasteiger partial charge in [-0.2, -0.15) is 0 Å². The fraction of sp³-hybridized carbons (Fsp3) is 0.545. The first-order valence-corrected chi connectivity index (χ1v) is 6.13. The van der Waals surface area contributed by atoms with Gasteiger partial charge in [-0.3, -0.25) is 4.79 Å². The molecule has 0 aromatic carbocycles. The topological polar surface area (TPSA) is 50.4 Å². The Hall–Kier alpha value is -0.910. The van der Waals surface area contributed by atoms with Crippen LogP contribution in [0.5, 0.6) is 0 Å². The molecule has 0 bridgehead atoms. The summed E-state index contributed by atoms with van der Waals surface area (Å²) in [5, 5.41) is 6.19. The minimum absolute atomic E-state index is 0.00569. The van der Waals surface area contributed by atoms with Gasteiger partial charge in [-0.15, -0.1) is 11.3 Å². The zero-order chi connectivity index (χ0) is 11.5. The molecule has 88 valence electrons. The first-order chi connectivity index (χ1) is 7.70. The van der Waals surface area contributed by atoms with Gasteiger partial charge < -0.3 is 15.4 Å². The second kappa shape index (κ2) is 4.95. The van der Waals surface area contributed by atoms with Crippen molar-refractivity contribution in [1.29, 1.82) is 0 Å². The normalized spacial score (nSPS) is 24.6. The number of rotatable bonds is 3. The molecule has 1 amide bonds. The summed E-state index contributed by atoms with van der Waals surface area (Å²) in [6.07, 6.45) is 0.0741. The van der Waals surface area contributed by atoms with E-state index in [1.54, 1.807) is 7.11 Å². The molecule has 2 rings (SSSR count). The summed E-state index contributed by atoms with van der Waals surface area (Å²) in [4.78, 5) is 13.8. The van der Waals surface area contributed by atoms with E-state index in [2.05, 4.69) is 10.6 Å². The Labute approximate surface area is 99.0 Å². The summed E-state index contributed by atoms with van der Waals surface area (Å²) >= 11 is 1.51. The molecular weight excluding hydrogens is 224 g/mol. The van der Waals surface area contributed by atoms with Gasteiger partial charge in [-0.05, 0) is 19.1 Å². The number of methoxy groups -OCH3 is 1. The lowest BCUT2D eigenvalue weighted by molar-refractivity contribution is 0.0783. The molecule has 2 atom stereocenters. The van der Waals surface area contributed by atoms with Crippen molar-refractivity contribution in [2.24, 2.45) is 0 Å². The molecule has 1 aliphatic rings. The van der Waals surface area contributed by atoms with E-state index in [0.29, 0.717) is 0 Å². The van der Waals surface area contributed by atoms with E-state index in [0.717, 1.165) is 22.8 Å². The first-order valence-electron chi connectivity index (χ1n) is 5.31. The largest absolute Gasteiger partial charge is 0.378 e. The molecule has 1 fully saturated rings. The lowest BCUT2D eigenvalue weighted by Gasteiger charge is -2.17. The summed E-state index contributed by atoms with van der Waals surface area (Å²) in [5.41, 5.74) is 0. The van der Waals surface area contributed by atoms with Crippen molar-refractivity contribution in [2.75, 3.05) is 20.2 Å². The van der Waals surface area contributed by atoms with E-state index in [1.807, 2.05) is 19.1 Å². The molecule has 1 aromatic rings. The zero-order valence-electron chi connectivity index (χ0n) is 9.45. The van der Waals surface area contributed by atoms with Crippen molar-refractivity contribution in [1.82, 2.24) is 10.6 Å². The third-order valence-electron chi connectivity index (χ3n) is 2.74. The van der Waals surface area contributed by atoms with Gasteiger partial charge in [0.05, 0.1) is 17.0 Å². The predicted octanol–water partition coefficient (Wildman–Crippen LogP) is 0.773. The van der Waals surface area contributed by atoms with E-state index < -0.39 is 0 Å². The Kier molecular flexibility index (Phi) is 3.58. The highest BCUT2D eigenvalue weighted by Crippen LogP contribution is 2.15. The number of carbonyl (C=O) groups is 1. The van der Waals surface area contributed by atoms with Crippen molar-refractivity contribution < 1.29 is 9.53 Å². The molecule has 2 N–H and O–H groups in total. The van der Waals surface area contributed by atoms with Gasteiger partial charge in [0.15, 0.2) is 0 Å². The van der Waals surface area contributed by atoms with Crippen LogP contribution in [0.3, 0.4) is 0 Å². The van der Waals surface area contributed by atoms with Gasteiger partial charge in [-0.25, -0.2) is 0 Å². The standard InChI is InChI=1S/C11H16N2O2S/c1-7-3-4-10(16-7)11(14)13-8-5-12-6-9(8)15-2/h3-4,8-9,12H,5-6H2,1-2H3,(H,13,14). The number of amides is 1. The summed E-state index contributed by atoms with van der Waals surface area (Å²) < 4.78 is 5.29. The number of carbonyl (C=O) groups excluding carboxylic acids is 1. The second-order valence-electron chi connectivity index (χ2n) is 3.92. The molecule has 1 aliphatic heterocycles. The van der Waals surface area contributed by atoms with Crippen LogP contribution in [-0.4, -0.2) is 38.3 Å². The Morgan fingerprint density at radius 1 is 1.56 bits per heavy atom. The van der Waals surface area contributed by atoms with Crippen LogP contribution in [0.2, 0.25) is 0 Å². The number of nitrogens with one attached hydrogen (secondary N) is 2. The molecule has 4 nitrogen and oxygen atoms in total. The van der Waals surface area contributed by atoms with Crippen LogP contribution in [0.1, 0.15) is 14.5 Å². The first kappa shape index (κ1) is 11.6. The summed E-state index contributed by atoms with van der Waals surface area (Å²) in [7, 11) is 1.67. The van der Waals surface area contributed by atoms with Gasteiger partial charge in [0, 0.05) is 25.1 Å². The van der Waals surface area contributed by atoms with Gasteiger partial charge in [-0.1, -0.05) is 0 Å².